The van der Waals surface area contributed by atoms with E-state index in [1.165, 1.54) is 0 Å². The van der Waals surface area contributed by atoms with E-state index in [-0.39, 0.29) is 22.5 Å². The summed E-state index contributed by atoms with van der Waals surface area (Å²) in [6, 6.07) is 7.77. The molecule has 0 aliphatic rings. The Kier molecular flexibility index (Phi) is 3.47. The zero-order valence-corrected chi connectivity index (χ0v) is 10.6. The molecular weight excluding hydrogens is 248 g/mol. The molecule has 1 heterocycles. The molecule has 0 fully saturated rings. The van der Waals surface area contributed by atoms with Crippen LogP contribution in [0, 0.1) is 6.92 Å². The number of rotatable bonds is 2. The minimum Gasteiger partial charge on any atom is -0.492 e. The largest absolute Gasteiger partial charge is 0.492 e. The van der Waals surface area contributed by atoms with Gasteiger partial charge in [-0.25, -0.2) is 9.98 Å². The molecule has 0 amide bonds. The molecule has 3 N–H and O–H groups in total. The van der Waals surface area contributed by atoms with Crippen LogP contribution in [0.15, 0.2) is 34.4 Å². The first kappa shape index (κ1) is 12.4. The van der Waals surface area contributed by atoms with Gasteiger partial charge in [0.1, 0.15) is 0 Å². The van der Waals surface area contributed by atoms with E-state index in [4.69, 9.17) is 5.73 Å². The Morgan fingerprint density at radius 2 is 1.94 bits per heavy atom. The summed E-state index contributed by atoms with van der Waals surface area (Å²) in [5, 5.41) is 9.71. The van der Waals surface area contributed by atoms with Crippen LogP contribution in [0.4, 0.5) is 11.5 Å². The van der Waals surface area contributed by atoms with Crippen molar-refractivity contribution in [2.24, 2.45) is 4.99 Å². The fraction of sp³-hybridized carbons (Fsp3) is 0.0833. The lowest BCUT2D eigenvalue weighted by molar-refractivity contribution is 0.448. The van der Waals surface area contributed by atoms with E-state index in [0.717, 1.165) is 11.1 Å². The predicted molar refractivity (Wildman–Crippen MR) is 73.8 cm³/mol. The first-order valence-corrected chi connectivity index (χ1v) is 5.67. The number of hydrogen-bond donors (Lipinski definition) is 3. The second-order valence-electron chi connectivity index (χ2n) is 3.75. The lowest BCUT2D eigenvalue weighted by Gasteiger charge is -2.02. The lowest BCUT2D eigenvalue weighted by Crippen LogP contribution is -1.94. The van der Waals surface area contributed by atoms with Crippen LogP contribution in [0.5, 0.6) is 5.88 Å². The Bertz CT molecular complexity index is 573. The molecule has 0 spiro atoms. The van der Waals surface area contributed by atoms with Gasteiger partial charge < -0.3 is 10.8 Å². The van der Waals surface area contributed by atoms with Gasteiger partial charge in [0, 0.05) is 6.21 Å². The summed E-state index contributed by atoms with van der Waals surface area (Å²) in [5.74, 6) is -0.188. The van der Waals surface area contributed by atoms with Crippen LogP contribution in [0.1, 0.15) is 11.1 Å². The first-order valence-electron chi connectivity index (χ1n) is 5.22. The highest BCUT2D eigenvalue weighted by Crippen LogP contribution is 2.29. The van der Waals surface area contributed by atoms with E-state index in [2.05, 4.69) is 27.6 Å². The summed E-state index contributed by atoms with van der Waals surface area (Å²) < 4.78 is 0. The van der Waals surface area contributed by atoms with E-state index in [1.807, 2.05) is 31.2 Å². The molecule has 2 aromatic rings. The first-order chi connectivity index (χ1) is 8.56. The molecule has 1 aromatic heterocycles. The van der Waals surface area contributed by atoms with Crippen molar-refractivity contribution in [3.8, 4) is 5.88 Å². The zero-order valence-electron chi connectivity index (χ0n) is 9.70. The van der Waals surface area contributed by atoms with Crippen molar-refractivity contribution in [1.82, 2.24) is 9.97 Å². The van der Waals surface area contributed by atoms with Crippen molar-refractivity contribution in [3.05, 3.63) is 35.4 Å². The number of benzene rings is 1. The third-order valence-electron chi connectivity index (χ3n) is 2.30. The van der Waals surface area contributed by atoms with Crippen LogP contribution in [-0.4, -0.2) is 21.3 Å². The summed E-state index contributed by atoms with van der Waals surface area (Å²) in [4.78, 5) is 11.6. The molecule has 1 aromatic carbocycles. The monoisotopic (exact) mass is 260 g/mol. The van der Waals surface area contributed by atoms with Crippen LogP contribution in [0.25, 0.3) is 0 Å². The molecule has 0 aliphatic carbocycles. The Balaban J connectivity index is 2.31. The Labute approximate surface area is 110 Å². The second kappa shape index (κ2) is 5.05. The summed E-state index contributed by atoms with van der Waals surface area (Å²) in [7, 11) is 0. The van der Waals surface area contributed by atoms with Crippen molar-refractivity contribution < 1.29 is 5.11 Å². The second-order valence-corrected chi connectivity index (χ2v) is 4.15. The molecule has 2 rings (SSSR count). The molecule has 92 valence electrons. The minimum absolute atomic E-state index is 0.0934. The quantitative estimate of drug-likeness (QED) is 0.438. The molecule has 0 saturated carbocycles. The molecule has 18 heavy (non-hydrogen) atoms. The Hall–Kier alpha value is -2.08. The molecule has 0 aliphatic heterocycles. The molecular formula is C12H12N4OS. The van der Waals surface area contributed by atoms with Gasteiger partial charge in [-0.05, 0) is 12.5 Å². The third kappa shape index (κ3) is 2.78. The average molecular weight is 260 g/mol. The lowest BCUT2D eigenvalue weighted by atomic mass is 10.2. The fourth-order valence-electron chi connectivity index (χ4n) is 1.36. The number of thiol groups is 1. The van der Waals surface area contributed by atoms with Gasteiger partial charge in [-0.3, -0.25) is 0 Å². The van der Waals surface area contributed by atoms with Gasteiger partial charge in [0.2, 0.25) is 5.88 Å². The summed E-state index contributed by atoms with van der Waals surface area (Å²) in [6.07, 6.45) is 1.59. The maximum absolute atomic E-state index is 9.60. The van der Waals surface area contributed by atoms with Crippen LogP contribution in [0.2, 0.25) is 0 Å². The molecule has 6 heteroatoms. The zero-order chi connectivity index (χ0) is 13.1. The maximum Gasteiger partial charge on any atom is 0.243 e. The van der Waals surface area contributed by atoms with Crippen LogP contribution in [-0.2, 0) is 0 Å². The van der Waals surface area contributed by atoms with Gasteiger partial charge in [0.05, 0.1) is 0 Å². The normalized spacial score (nSPS) is 11.0. The minimum atomic E-state index is -0.282. The molecule has 0 bridgehead atoms. The van der Waals surface area contributed by atoms with Gasteiger partial charge in [-0.2, -0.15) is 4.98 Å². The number of aryl methyl sites for hydroxylation is 1. The number of nitrogens with two attached hydrogens (primary N) is 1. The van der Waals surface area contributed by atoms with Gasteiger partial charge >= 0.3 is 0 Å². The van der Waals surface area contributed by atoms with E-state index in [1.54, 1.807) is 6.21 Å². The molecule has 0 unspecified atom stereocenters. The van der Waals surface area contributed by atoms with Crippen molar-refractivity contribution in [3.63, 3.8) is 0 Å². The molecule has 0 saturated heterocycles. The van der Waals surface area contributed by atoms with E-state index in [9.17, 15) is 5.11 Å². The SMILES string of the molecule is Cc1ccc(/C=N/c2c(N)nc(S)nc2O)cc1. The highest BCUT2D eigenvalue weighted by Gasteiger charge is 2.08. The standard InChI is InChI=1S/C12H12N4OS/c1-7-2-4-8(5-3-7)6-14-9-10(13)15-12(18)16-11(9)17/h2-6H,1H3,(H4,13,15,16,17,18)/b14-6+. The summed E-state index contributed by atoms with van der Waals surface area (Å²) >= 11 is 3.91. The fourth-order valence-corrected chi connectivity index (χ4v) is 1.57. The van der Waals surface area contributed by atoms with Crippen LogP contribution in [0.3, 0.4) is 0 Å². The number of nitrogen functional groups attached to an aromatic ring is 1. The van der Waals surface area contributed by atoms with E-state index in [0.29, 0.717) is 0 Å². The number of nitrogens with zero attached hydrogens (tertiary/aromatic N) is 3. The Morgan fingerprint density at radius 3 is 2.56 bits per heavy atom. The van der Waals surface area contributed by atoms with E-state index >= 15 is 0 Å². The van der Waals surface area contributed by atoms with Crippen molar-refractivity contribution in [2.75, 3.05) is 5.73 Å². The van der Waals surface area contributed by atoms with Crippen LogP contribution >= 0.6 is 12.6 Å². The molecule has 0 atom stereocenters. The molecule has 5 nitrogen and oxygen atoms in total. The van der Waals surface area contributed by atoms with Crippen molar-refractivity contribution in [2.45, 2.75) is 12.1 Å². The summed E-state index contributed by atoms with van der Waals surface area (Å²) in [5.41, 5.74) is 7.85. The number of hydrogen-bond acceptors (Lipinski definition) is 6. The van der Waals surface area contributed by atoms with Crippen LogP contribution < -0.4 is 5.73 Å². The number of anilines is 1. The molecule has 0 radical (unpaired) electrons. The Morgan fingerprint density at radius 1 is 1.28 bits per heavy atom. The average Bonchev–Trinajstić information content (AvgIpc) is 2.30. The topological polar surface area (TPSA) is 84.4 Å². The van der Waals surface area contributed by atoms with Gasteiger partial charge in [-0.1, -0.05) is 29.8 Å². The summed E-state index contributed by atoms with van der Waals surface area (Å²) in [6.45, 7) is 2.00. The van der Waals surface area contributed by atoms with Gasteiger partial charge in [-0.15, -0.1) is 12.6 Å². The maximum atomic E-state index is 9.60. The van der Waals surface area contributed by atoms with Gasteiger partial charge in [0.25, 0.3) is 0 Å². The van der Waals surface area contributed by atoms with Gasteiger partial charge in [0.15, 0.2) is 16.7 Å². The number of aromatic hydroxyl groups is 1. The third-order valence-corrected chi connectivity index (χ3v) is 2.50. The highest BCUT2D eigenvalue weighted by molar-refractivity contribution is 7.80. The smallest absolute Gasteiger partial charge is 0.243 e. The van der Waals surface area contributed by atoms with Crippen molar-refractivity contribution >= 4 is 30.3 Å². The number of aromatic nitrogens is 2. The van der Waals surface area contributed by atoms with E-state index < -0.39 is 0 Å². The highest BCUT2D eigenvalue weighted by atomic mass is 32.1. The van der Waals surface area contributed by atoms with Crippen molar-refractivity contribution in [1.29, 1.82) is 0 Å². The predicted octanol–water partition coefficient (Wildman–Crippen LogP) is 2.11. The number of aliphatic imine (C=N–C) groups is 1.